The van der Waals surface area contributed by atoms with Crippen molar-refractivity contribution in [2.24, 2.45) is 10.8 Å². The minimum atomic E-state index is -0.660. The number of unbranched alkanes of at least 4 members (excludes halogenated alkanes) is 10. The predicted octanol–water partition coefficient (Wildman–Crippen LogP) is 11.4. The van der Waals surface area contributed by atoms with Crippen molar-refractivity contribution in [3.8, 4) is 0 Å². The Hall–Kier alpha value is -1.58. The minimum absolute atomic E-state index is 0.334. The predicted molar refractivity (Wildman–Crippen MR) is 170 cm³/mol. The summed E-state index contributed by atoms with van der Waals surface area (Å²) in [7, 11) is 0. The Morgan fingerprint density at radius 1 is 0.550 bits per heavy atom. The summed E-state index contributed by atoms with van der Waals surface area (Å²) in [4.78, 5) is 20.8. The molecule has 0 fully saturated rings. The molecule has 0 unspecified atom stereocenters. The number of rotatable bonds is 18. The molecule has 0 spiro atoms. The minimum Gasteiger partial charge on any atom is -0.481 e. The van der Waals surface area contributed by atoms with Gasteiger partial charge >= 0.3 is 11.9 Å². The van der Waals surface area contributed by atoms with Gasteiger partial charge < -0.3 is 10.2 Å². The van der Waals surface area contributed by atoms with Crippen LogP contribution in [0.15, 0.2) is 22.3 Å². The van der Waals surface area contributed by atoms with Gasteiger partial charge in [0.1, 0.15) is 0 Å². The molecule has 0 aromatic carbocycles. The van der Waals surface area contributed by atoms with E-state index in [0.29, 0.717) is 23.7 Å². The van der Waals surface area contributed by atoms with Crippen LogP contribution in [-0.4, -0.2) is 22.2 Å². The molecule has 0 atom stereocenters. The summed E-state index contributed by atoms with van der Waals surface area (Å²) in [6.07, 6.45) is 25.1. The molecular formula is C36H64O4. The maximum atomic E-state index is 10.4. The summed E-state index contributed by atoms with van der Waals surface area (Å²) in [6.45, 7) is 14.2. The molecule has 0 heterocycles. The van der Waals surface area contributed by atoms with Crippen LogP contribution in [0.4, 0.5) is 0 Å². The van der Waals surface area contributed by atoms with Gasteiger partial charge in [0.25, 0.3) is 0 Å². The van der Waals surface area contributed by atoms with E-state index in [1.165, 1.54) is 103 Å². The Kier molecular flexibility index (Phi) is 17.8. The summed E-state index contributed by atoms with van der Waals surface area (Å²) in [6, 6.07) is 0. The van der Waals surface area contributed by atoms with E-state index in [4.69, 9.17) is 10.2 Å². The van der Waals surface area contributed by atoms with Crippen LogP contribution >= 0.6 is 0 Å². The molecule has 0 amide bonds. The SMILES string of the molecule is CC1=C(CCCCCCCCC(=O)O)C(C)(C)CCC1.CC1=C(CCCCCCCCC(=O)O)C(C)(C)CCC1. The molecular weight excluding hydrogens is 496 g/mol. The van der Waals surface area contributed by atoms with Crippen molar-refractivity contribution in [3.05, 3.63) is 22.3 Å². The molecule has 2 aliphatic rings. The maximum Gasteiger partial charge on any atom is 0.303 e. The van der Waals surface area contributed by atoms with Crippen molar-refractivity contribution in [3.63, 3.8) is 0 Å². The van der Waals surface area contributed by atoms with E-state index in [9.17, 15) is 9.59 Å². The molecule has 2 aliphatic carbocycles. The van der Waals surface area contributed by atoms with E-state index in [1.54, 1.807) is 22.3 Å². The quantitative estimate of drug-likeness (QED) is 0.129. The Balaban J connectivity index is 0.000000400. The summed E-state index contributed by atoms with van der Waals surface area (Å²) < 4.78 is 0. The van der Waals surface area contributed by atoms with Crippen molar-refractivity contribution in [2.45, 2.75) is 183 Å². The first-order valence-electron chi connectivity index (χ1n) is 16.7. The first-order valence-corrected chi connectivity index (χ1v) is 16.7. The number of carbonyl (C=O) groups is 2. The van der Waals surface area contributed by atoms with E-state index >= 15 is 0 Å². The van der Waals surface area contributed by atoms with Gasteiger partial charge in [-0.05, 0) is 102 Å². The van der Waals surface area contributed by atoms with E-state index in [0.717, 1.165) is 25.7 Å². The Bertz CT molecular complexity index is 747. The molecule has 0 saturated heterocycles. The van der Waals surface area contributed by atoms with E-state index in [1.807, 2.05) is 0 Å². The molecule has 0 aromatic rings. The van der Waals surface area contributed by atoms with Crippen molar-refractivity contribution < 1.29 is 19.8 Å². The topological polar surface area (TPSA) is 74.6 Å². The number of hydrogen-bond acceptors (Lipinski definition) is 2. The molecule has 4 heteroatoms. The molecule has 0 saturated carbocycles. The lowest BCUT2D eigenvalue weighted by atomic mass is 9.71. The van der Waals surface area contributed by atoms with Crippen LogP contribution in [0.25, 0.3) is 0 Å². The van der Waals surface area contributed by atoms with Gasteiger partial charge in [-0.2, -0.15) is 0 Å². The Morgan fingerprint density at radius 2 is 0.850 bits per heavy atom. The highest BCUT2D eigenvalue weighted by atomic mass is 16.4. The number of carboxylic acids is 2. The third kappa shape index (κ3) is 15.4. The average molecular weight is 561 g/mol. The smallest absolute Gasteiger partial charge is 0.303 e. The van der Waals surface area contributed by atoms with Gasteiger partial charge in [0, 0.05) is 12.8 Å². The standard InChI is InChI=1S/2C18H32O2/c2*1-15-11-10-14-18(2,3)16(15)12-8-6-4-5-7-9-13-17(19)20/h2*4-14H2,1-3H3,(H,19,20). The fourth-order valence-corrected chi connectivity index (χ4v) is 7.02. The van der Waals surface area contributed by atoms with Gasteiger partial charge in [-0.1, -0.05) is 101 Å². The molecule has 2 rings (SSSR count). The van der Waals surface area contributed by atoms with Gasteiger partial charge in [0.05, 0.1) is 0 Å². The van der Waals surface area contributed by atoms with E-state index < -0.39 is 11.9 Å². The number of carboxylic acid groups (broad SMARTS) is 2. The van der Waals surface area contributed by atoms with Crippen LogP contribution in [0.1, 0.15) is 183 Å². The lowest BCUT2D eigenvalue weighted by Crippen LogP contribution is -2.20. The summed E-state index contributed by atoms with van der Waals surface area (Å²) in [5, 5.41) is 17.1. The molecule has 0 aliphatic heterocycles. The van der Waals surface area contributed by atoms with Gasteiger partial charge in [0.2, 0.25) is 0 Å². The monoisotopic (exact) mass is 560 g/mol. The number of allylic oxidation sites excluding steroid dienone is 4. The molecule has 0 aromatic heterocycles. The third-order valence-corrected chi connectivity index (χ3v) is 9.51. The van der Waals surface area contributed by atoms with Crippen molar-refractivity contribution in [2.75, 3.05) is 0 Å². The average Bonchev–Trinajstić information content (AvgIpc) is 2.85. The second-order valence-corrected chi connectivity index (χ2v) is 14.0. The van der Waals surface area contributed by atoms with E-state index in [2.05, 4.69) is 41.5 Å². The van der Waals surface area contributed by atoms with Crippen LogP contribution in [-0.2, 0) is 9.59 Å². The molecule has 2 N–H and O–H groups in total. The molecule has 0 radical (unpaired) electrons. The first-order chi connectivity index (χ1) is 18.9. The van der Waals surface area contributed by atoms with Crippen LogP contribution in [0.5, 0.6) is 0 Å². The van der Waals surface area contributed by atoms with Gasteiger partial charge in [-0.15, -0.1) is 0 Å². The van der Waals surface area contributed by atoms with Crippen molar-refractivity contribution in [1.82, 2.24) is 0 Å². The zero-order chi connectivity index (χ0) is 30.0. The summed E-state index contributed by atoms with van der Waals surface area (Å²) in [5.74, 6) is -1.32. The maximum absolute atomic E-state index is 10.4. The lowest BCUT2D eigenvalue weighted by Gasteiger charge is -2.34. The highest BCUT2D eigenvalue weighted by Gasteiger charge is 2.28. The highest BCUT2D eigenvalue weighted by molar-refractivity contribution is 5.66. The molecule has 232 valence electrons. The van der Waals surface area contributed by atoms with Crippen LogP contribution in [0.3, 0.4) is 0 Å². The fourth-order valence-electron chi connectivity index (χ4n) is 7.02. The zero-order valence-electron chi connectivity index (χ0n) is 27.3. The first kappa shape index (κ1) is 36.4. The lowest BCUT2D eigenvalue weighted by molar-refractivity contribution is -0.138. The van der Waals surface area contributed by atoms with E-state index in [-0.39, 0.29) is 0 Å². The van der Waals surface area contributed by atoms with Gasteiger partial charge in [0.15, 0.2) is 0 Å². The normalized spacial score (nSPS) is 18.4. The number of aliphatic carboxylic acids is 2. The fraction of sp³-hybridized carbons (Fsp3) is 0.833. The van der Waals surface area contributed by atoms with Crippen LogP contribution < -0.4 is 0 Å². The second-order valence-electron chi connectivity index (χ2n) is 14.0. The highest BCUT2D eigenvalue weighted by Crippen LogP contribution is 2.43. The third-order valence-electron chi connectivity index (χ3n) is 9.51. The molecule has 0 bridgehead atoms. The Labute approximate surface area is 247 Å². The summed E-state index contributed by atoms with van der Waals surface area (Å²) >= 11 is 0. The van der Waals surface area contributed by atoms with Crippen molar-refractivity contribution in [1.29, 1.82) is 0 Å². The second kappa shape index (κ2) is 19.5. The Morgan fingerprint density at radius 3 is 1.15 bits per heavy atom. The number of hydrogen-bond donors (Lipinski definition) is 2. The van der Waals surface area contributed by atoms with Gasteiger partial charge in [-0.3, -0.25) is 9.59 Å². The van der Waals surface area contributed by atoms with Crippen molar-refractivity contribution >= 4 is 11.9 Å². The zero-order valence-corrected chi connectivity index (χ0v) is 27.3. The summed E-state index contributed by atoms with van der Waals surface area (Å²) in [5.41, 5.74) is 7.56. The molecule has 40 heavy (non-hydrogen) atoms. The van der Waals surface area contributed by atoms with Crippen LogP contribution in [0, 0.1) is 10.8 Å². The van der Waals surface area contributed by atoms with Gasteiger partial charge in [-0.25, -0.2) is 0 Å². The van der Waals surface area contributed by atoms with Crippen LogP contribution in [0.2, 0.25) is 0 Å². The molecule has 4 nitrogen and oxygen atoms in total. The largest absolute Gasteiger partial charge is 0.481 e.